The molecule has 0 amide bonds. The van der Waals surface area contributed by atoms with Gasteiger partial charge in [-0.15, -0.1) is 11.8 Å². The van der Waals surface area contributed by atoms with Crippen LogP contribution < -0.4 is 16.1 Å². The van der Waals surface area contributed by atoms with Crippen molar-refractivity contribution >= 4 is 27.6 Å². The highest BCUT2D eigenvalue weighted by molar-refractivity contribution is 8.00. The van der Waals surface area contributed by atoms with Crippen molar-refractivity contribution in [2.24, 2.45) is 5.41 Å². The molecule has 0 spiro atoms. The maximum absolute atomic E-state index is 12.1. The van der Waals surface area contributed by atoms with Crippen LogP contribution in [-0.2, 0) is 10.0 Å². The Morgan fingerprint density at radius 1 is 1.42 bits per heavy atom. The Balaban J connectivity index is 1.79. The van der Waals surface area contributed by atoms with Crippen molar-refractivity contribution in [2.75, 3.05) is 31.2 Å². The van der Waals surface area contributed by atoms with E-state index in [4.69, 9.17) is 5.73 Å². The van der Waals surface area contributed by atoms with Crippen molar-refractivity contribution < 1.29 is 18.6 Å². The highest BCUT2D eigenvalue weighted by atomic mass is 32.2. The summed E-state index contributed by atoms with van der Waals surface area (Å²) >= 11 is 1.41. The number of nitrogens with two attached hydrogens (primary N) is 1. The fourth-order valence-electron chi connectivity index (χ4n) is 2.58. The van der Waals surface area contributed by atoms with Crippen molar-refractivity contribution in [1.29, 1.82) is 0 Å². The predicted molar refractivity (Wildman–Crippen MR) is 97.8 cm³/mol. The maximum Gasteiger partial charge on any atom is 0.350 e. The zero-order valence-corrected chi connectivity index (χ0v) is 15.5. The van der Waals surface area contributed by atoms with E-state index >= 15 is 0 Å². The van der Waals surface area contributed by atoms with Gasteiger partial charge in [-0.05, 0) is 12.8 Å². The van der Waals surface area contributed by atoms with Crippen LogP contribution in [0, 0.1) is 17.3 Å². The van der Waals surface area contributed by atoms with Gasteiger partial charge in [-0.2, -0.15) is 4.98 Å². The molecule has 0 radical (unpaired) electrons. The summed E-state index contributed by atoms with van der Waals surface area (Å²) in [5.41, 5.74) is 4.64. The Morgan fingerprint density at radius 2 is 2.12 bits per heavy atom. The first kappa shape index (κ1) is 19.2. The smallest absolute Gasteiger partial charge is 0.350 e. The summed E-state index contributed by atoms with van der Waals surface area (Å²) in [6.45, 7) is -0.587. The van der Waals surface area contributed by atoms with Gasteiger partial charge in [-0.3, -0.25) is 4.57 Å². The monoisotopic (exact) mass is 400 g/mol. The Morgan fingerprint density at radius 3 is 2.65 bits per heavy atom. The zero-order valence-electron chi connectivity index (χ0n) is 13.9. The van der Waals surface area contributed by atoms with Crippen LogP contribution in [0.15, 0.2) is 11.0 Å². The summed E-state index contributed by atoms with van der Waals surface area (Å²) in [6, 6.07) is 0. The van der Waals surface area contributed by atoms with Crippen molar-refractivity contribution in [2.45, 2.75) is 23.5 Å². The van der Waals surface area contributed by atoms with Gasteiger partial charge in [-0.1, -0.05) is 11.8 Å². The number of nitrogens with one attached hydrogen (secondary N) is 1. The predicted octanol–water partition coefficient (Wildman–Crippen LogP) is -1.52. The molecule has 1 unspecified atom stereocenters. The van der Waals surface area contributed by atoms with E-state index in [1.807, 2.05) is 0 Å². The molecule has 9 nitrogen and oxygen atoms in total. The van der Waals surface area contributed by atoms with Crippen molar-refractivity contribution in [1.82, 2.24) is 14.3 Å². The van der Waals surface area contributed by atoms with E-state index in [1.165, 1.54) is 22.5 Å². The fraction of sp³-hybridized carbons (Fsp3) is 0.600. The Kier molecular flexibility index (Phi) is 5.32. The van der Waals surface area contributed by atoms with E-state index in [9.17, 15) is 23.4 Å². The van der Waals surface area contributed by atoms with E-state index in [-0.39, 0.29) is 36.4 Å². The maximum atomic E-state index is 12.1. The van der Waals surface area contributed by atoms with Crippen LogP contribution >= 0.6 is 11.8 Å². The molecular weight excluding hydrogens is 380 g/mol. The SMILES string of the molecule is Nc1nc(=O)n(C2SCC2(CO)CO)cc1C#CCNS(=O)(=O)C1CC1. The number of nitrogens with zero attached hydrogens (tertiary/aromatic N) is 2. The lowest BCUT2D eigenvalue weighted by molar-refractivity contribution is 0.0418. The molecule has 5 N–H and O–H groups in total. The van der Waals surface area contributed by atoms with Crippen LogP contribution in [0.5, 0.6) is 0 Å². The molecule has 1 aliphatic heterocycles. The number of sulfonamides is 1. The third-order valence-electron chi connectivity index (χ3n) is 4.46. The Bertz CT molecular complexity index is 905. The normalized spacial score (nSPS) is 21.5. The molecule has 0 aromatic carbocycles. The Labute approximate surface area is 155 Å². The molecule has 1 aliphatic carbocycles. The third-order valence-corrected chi connectivity index (χ3v) is 8.14. The molecule has 1 atom stereocenters. The molecule has 2 fully saturated rings. The number of hydrogen-bond acceptors (Lipinski definition) is 8. The summed E-state index contributed by atoms with van der Waals surface area (Å²) in [4.78, 5) is 15.9. The van der Waals surface area contributed by atoms with Crippen LogP contribution in [-0.4, -0.2) is 58.9 Å². The molecule has 2 heterocycles. The van der Waals surface area contributed by atoms with Crippen LogP contribution in [0.1, 0.15) is 23.8 Å². The van der Waals surface area contributed by atoms with Crippen LogP contribution in [0.4, 0.5) is 5.82 Å². The first-order valence-corrected chi connectivity index (χ1v) is 10.6. The summed E-state index contributed by atoms with van der Waals surface area (Å²) in [7, 11) is -3.31. The van der Waals surface area contributed by atoms with Gasteiger partial charge in [0.1, 0.15) is 5.82 Å². The summed E-state index contributed by atoms with van der Waals surface area (Å²) in [5.74, 6) is 5.86. The Hall–Kier alpha value is -1.58. The van der Waals surface area contributed by atoms with Crippen molar-refractivity contribution in [3.8, 4) is 11.8 Å². The van der Waals surface area contributed by atoms with Gasteiger partial charge in [0.2, 0.25) is 10.0 Å². The standard InChI is InChI=1S/C15H20N4O5S2/c16-12-10(2-1-5-17-26(23,24)11-3-4-11)6-19(14(22)18-12)13-15(7-20,8-21)9-25-13/h6,11,13,17,20-21H,3-5,7-9H2,(H2,16,18,22). The minimum atomic E-state index is -3.31. The lowest BCUT2D eigenvalue weighted by atomic mass is 9.90. The first-order chi connectivity index (χ1) is 12.3. The van der Waals surface area contributed by atoms with Crippen molar-refractivity contribution in [3.63, 3.8) is 0 Å². The number of aliphatic hydroxyl groups is 2. The molecule has 26 heavy (non-hydrogen) atoms. The zero-order chi connectivity index (χ0) is 18.9. The molecule has 1 aromatic heterocycles. The second-order valence-electron chi connectivity index (χ2n) is 6.44. The van der Waals surface area contributed by atoms with Gasteiger partial charge in [0.25, 0.3) is 0 Å². The lowest BCUT2D eigenvalue weighted by Gasteiger charge is -2.46. The van der Waals surface area contributed by atoms with Gasteiger partial charge in [0, 0.05) is 11.9 Å². The van der Waals surface area contributed by atoms with E-state index in [1.54, 1.807) is 0 Å². The lowest BCUT2D eigenvalue weighted by Crippen LogP contribution is -2.50. The molecule has 1 saturated carbocycles. The summed E-state index contributed by atoms with van der Waals surface area (Å²) < 4.78 is 27.2. The molecule has 2 aliphatic rings. The topological polar surface area (TPSA) is 148 Å². The van der Waals surface area contributed by atoms with Crippen molar-refractivity contribution in [3.05, 3.63) is 22.2 Å². The van der Waals surface area contributed by atoms with Gasteiger partial charge in [-0.25, -0.2) is 17.9 Å². The quantitative estimate of drug-likeness (QED) is 0.421. The average molecular weight is 400 g/mol. The molecule has 11 heteroatoms. The highest BCUT2D eigenvalue weighted by Gasteiger charge is 2.48. The second kappa shape index (κ2) is 7.21. The molecule has 142 valence electrons. The summed E-state index contributed by atoms with van der Waals surface area (Å²) in [5, 5.41) is 18.3. The van der Waals surface area contributed by atoms with Crippen LogP contribution in [0.2, 0.25) is 0 Å². The summed E-state index contributed by atoms with van der Waals surface area (Å²) in [6.07, 6.45) is 2.77. The number of rotatable bonds is 6. The number of anilines is 1. The van der Waals surface area contributed by atoms with E-state index in [0.717, 1.165) is 0 Å². The minimum absolute atomic E-state index is 0.0493. The number of hydrogen-bond donors (Lipinski definition) is 4. The number of thioether (sulfide) groups is 1. The fourth-order valence-corrected chi connectivity index (χ4v) is 5.28. The molecular formula is C15H20N4O5S2. The van der Waals surface area contributed by atoms with Gasteiger partial charge in [0.15, 0.2) is 0 Å². The number of nitrogen functional groups attached to an aromatic ring is 1. The minimum Gasteiger partial charge on any atom is -0.396 e. The largest absolute Gasteiger partial charge is 0.396 e. The first-order valence-electron chi connectivity index (χ1n) is 8.02. The molecule has 0 bridgehead atoms. The third kappa shape index (κ3) is 3.60. The second-order valence-corrected chi connectivity index (χ2v) is 9.55. The van der Waals surface area contributed by atoms with E-state index < -0.39 is 26.5 Å². The van der Waals surface area contributed by atoms with Crippen LogP contribution in [0.25, 0.3) is 0 Å². The number of aromatic nitrogens is 2. The van der Waals surface area contributed by atoms with Gasteiger partial charge < -0.3 is 15.9 Å². The average Bonchev–Trinajstić information content (AvgIpc) is 3.41. The van der Waals surface area contributed by atoms with Gasteiger partial charge >= 0.3 is 5.69 Å². The van der Waals surface area contributed by atoms with Gasteiger partial charge in [0.05, 0.1) is 41.4 Å². The highest BCUT2D eigenvalue weighted by Crippen LogP contribution is 2.52. The van der Waals surface area contributed by atoms with Crippen LogP contribution in [0.3, 0.4) is 0 Å². The molecule has 1 saturated heterocycles. The molecule has 3 rings (SSSR count). The number of aliphatic hydroxyl groups excluding tert-OH is 2. The van der Waals surface area contributed by atoms with E-state index in [0.29, 0.717) is 18.6 Å². The molecule has 1 aromatic rings. The van der Waals surface area contributed by atoms with E-state index in [2.05, 4.69) is 21.5 Å².